The SMILES string of the molecule is CCc1[nH]c(=O)[nH]c(=O)c1NCC(=O)O. The zero-order valence-electron chi connectivity index (χ0n) is 8.09. The number of carbonyl (C=O) groups is 1. The molecular weight excluding hydrogens is 202 g/mol. The minimum atomic E-state index is -1.08. The predicted octanol–water partition coefficient (Wildman–Crippen LogP) is -0.878. The van der Waals surface area contributed by atoms with Crippen LogP contribution in [0.1, 0.15) is 12.6 Å². The van der Waals surface area contributed by atoms with E-state index >= 15 is 0 Å². The lowest BCUT2D eigenvalue weighted by atomic mass is 10.3. The molecule has 0 bridgehead atoms. The van der Waals surface area contributed by atoms with Gasteiger partial charge in [-0.1, -0.05) is 6.92 Å². The second-order valence-corrected chi connectivity index (χ2v) is 2.86. The van der Waals surface area contributed by atoms with Crippen LogP contribution in [0.3, 0.4) is 0 Å². The minimum absolute atomic E-state index is 0.0968. The highest BCUT2D eigenvalue weighted by molar-refractivity contribution is 5.72. The van der Waals surface area contributed by atoms with E-state index in [1.807, 2.05) is 4.98 Å². The first-order valence-electron chi connectivity index (χ1n) is 4.35. The van der Waals surface area contributed by atoms with Crippen LogP contribution in [0.25, 0.3) is 0 Å². The number of hydrogen-bond donors (Lipinski definition) is 4. The smallest absolute Gasteiger partial charge is 0.326 e. The van der Waals surface area contributed by atoms with Crippen LogP contribution in [-0.2, 0) is 11.2 Å². The second kappa shape index (κ2) is 4.45. The fourth-order valence-corrected chi connectivity index (χ4v) is 1.15. The number of aromatic amines is 2. The van der Waals surface area contributed by atoms with Crippen LogP contribution >= 0.6 is 0 Å². The van der Waals surface area contributed by atoms with Crippen molar-refractivity contribution in [3.8, 4) is 0 Å². The number of carboxylic acids is 1. The van der Waals surface area contributed by atoms with E-state index in [9.17, 15) is 14.4 Å². The van der Waals surface area contributed by atoms with Crippen LogP contribution in [0, 0.1) is 0 Å². The van der Waals surface area contributed by atoms with Crippen LogP contribution in [0.2, 0.25) is 0 Å². The van der Waals surface area contributed by atoms with Crippen LogP contribution in [0.15, 0.2) is 9.59 Å². The first kappa shape index (κ1) is 11.0. The summed E-state index contributed by atoms with van der Waals surface area (Å²) in [7, 11) is 0. The molecule has 82 valence electrons. The highest BCUT2D eigenvalue weighted by atomic mass is 16.4. The lowest BCUT2D eigenvalue weighted by molar-refractivity contribution is -0.134. The third-order valence-electron chi connectivity index (χ3n) is 1.79. The van der Waals surface area contributed by atoms with Gasteiger partial charge in [-0.05, 0) is 6.42 Å². The summed E-state index contributed by atoms with van der Waals surface area (Å²) >= 11 is 0. The lowest BCUT2D eigenvalue weighted by Gasteiger charge is -2.06. The van der Waals surface area contributed by atoms with Crippen molar-refractivity contribution in [2.45, 2.75) is 13.3 Å². The number of anilines is 1. The molecule has 4 N–H and O–H groups in total. The topological polar surface area (TPSA) is 115 Å². The number of carboxylic acid groups (broad SMARTS) is 1. The van der Waals surface area contributed by atoms with Gasteiger partial charge in [0.2, 0.25) is 0 Å². The van der Waals surface area contributed by atoms with Crippen LogP contribution in [0.5, 0.6) is 0 Å². The zero-order chi connectivity index (χ0) is 11.4. The summed E-state index contributed by atoms with van der Waals surface area (Å²) in [6, 6.07) is 0. The molecule has 0 spiro atoms. The van der Waals surface area contributed by atoms with Gasteiger partial charge in [0.15, 0.2) is 0 Å². The molecule has 1 rings (SSSR count). The summed E-state index contributed by atoms with van der Waals surface area (Å²) in [4.78, 5) is 36.9. The van der Waals surface area contributed by atoms with E-state index in [-0.39, 0.29) is 12.2 Å². The Morgan fingerprint density at radius 2 is 2.07 bits per heavy atom. The molecule has 0 amide bonds. The molecule has 0 aliphatic rings. The average Bonchev–Trinajstić information content (AvgIpc) is 2.14. The van der Waals surface area contributed by atoms with Gasteiger partial charge in [-0.25, -0.2) is 4.79 Å². The molecule has 0 radical (unpaired) electrons. The molecule has 0 aliphatic carbocycles. The normalized spacial score (nSPS) is 9.93. The molecule has 0 atom stereocenters. The number of aryl methyl sites for hydroxylation is 1. The Hall–Kier alpha value is -2.05. The van der Waals surface area contributed by atoms with Gasteiger partial charge in [0.05, 0.1) is 0 Å². The molecule has 0 fully saturated rings. The first-order chi connectivity index (χ1) is 7.04. The monoisotopic (exact) mass is 213 g/mol. The molecule has 7 heteroatoms. The molecule has 0 unspecified atom stereocenters. The quantitative estimate of drug-likeness (QED) is 0.518. The van der Waals surface area contributed by atoms with Crippen molar-refractivity contribution in [1.29, 1.82) is 0 Å². The summed E-state index contributed by atoms with van der Waals surface area (Å²) in [5, 5.41) is 10.9. The fraction of sp³-hybridized carbons (Fsp3) is 0.375. The van der Waals surface area contributed by atoms with E-state index in [2.05, 4.69) is 10.3 Å². The van der Waals surface area contributed by atoms with Crippen molar-refractivity contribution in [2.24, 2.45) is 0 Å². The number of rotatable bonds is 4. The Bertz CT molecular complexity index is 474. The molecule has 0 saturated carbocycles. The van der Waals surface area contributed by atoms with E-state index in [1.54, 1.807) is 6.92 Å². The highest BCUT2D eigenvalue weighted by Gasteiger charge is 2.08. The Kier molecular flexibility index (Phi) is 3.27. The summed E-state index contributed by atoms with van der Waals surface area (Å²) in [5.41, 5.74) is -0.723. The first-order valence-corrected chi connectivity index (χ1v) is 4.35. The Morgan fingerprint density at radius 1 is 1.40 bits per heavy atom. The number of hydrogen-bond acceptors (Lipinski definition) is 4. The van der Waals surface area contributed by atoms with Gasteiger partial charge in [0, 0.05) is 5.69 Å². The molecule has 0 saturated heterocycles. The van der Waals surface area contributed by atoms with Crippen molar-refractivity contribution < 1.29 is 9.90 Å². The highest BCUT2D eigenvalue weighted by Crippen LogP contribution is 2.03. The van der Waals surface area contributed by atoms with Gasteiger partial charge in [0.1, 0.15) is 12.2 Å². The largest absolute Gasteiger partial charge is 0.480 e. The Morgan fingerprint density at radius 3 is 2.60 bits per heavy atom. The maximum Gasteiger partial charge on any atom is 0.326 e. The standard InChI is InChI=1S/C8H11N3O4/c1-2-4-6(9-3-5(12)13)7(14)11-8(15)10-4/h9H,2-3H2,1H3,(H,12,13)(H2,10,11,14,15). The molecular formula is C8H11N3O4. The Labute approximate surface area is 84.2 Å². The third-order valence-corrected chi connectivity index (χ3v) is 1.79. The van der Waals surface area contributed by atoms with Crippen molar-refractivity contribution in [1.82, 2.24) is 9.97 Å². The zero-order valence-corrected chi connectivity index (χ0v) is 8.09. The van der Waals surface area contributed by atoms with Gasteiger partial charge >= 0.3 is 11.7 Å². The van der Waals surface area contributed by atoms with Crippen LogP contribution in [0.4, 0.5) is 5.69 Å². The van der Waals surface area contributed by atoms with Crippen LogP contribution in [-0.4, -0.2) is 27.6 Å². The molecule has 7 nitrogen and oxygen atoms in total. The van der Waals surface area contributed by atoms with Gasteiger partial charge in [0.25, 0.3) is 5.56 Å². The molecule has 1 aromatic rings. The van der Waals surface area contributed by atoms with Crippen molar-refractivity contribution in [2.75, 3.05) is 11.9 Å². The number of nitrogens with one attached hydrogen (secondary N) is 3. The molecule has 0 aliphatic heterocycles. The van der Waals surface area contributed by atoms with Gasteiger partial charge in [-0.3, -0.25) is 14.6 Å². The number of aromatic nitrogens is 2. The maximum absolute atomic E-state index is 11.3. The third kappa shape index (κ3) is 2.70. The van der Waals surface area contributed by atoms with E-state index in [0.29, 0.717) is 12.1 Å². The number of H-pyrrole nitrogens is 2. The van der Waals surface area contributed by atoms with E-state index in [1.165, 1.54) is 0 Å². The molecule has 0 aromatic carbocycles. The van der Waals surface area contributed by atoms with Crippen molar-refractivity contribution >= 4 is 11.7 Å². The summed E-state index contributed by atoms with van der Waals surface area (Å²) in [6.07, 6.45) is 0.432. The van der Waals surface area contributed by atoms with Crippen LogP contribution < -0.4 is 16.6 Å². The fourth-order valence-electron chi connectivity index (χ4n) is 1.15. The predicted molar refractivity (Wildman–Crippen MR) is 53.2 cm³/mol. The molecule has 1 aromatic heterocycles. The van der Waals surface area contributed by atoms with Gasteiger partial charge in [-0.15, -0.1) is 0 Å². The van der Waals surface area contributed by atoms with E-state index in [4.69, 9.17) is 5.11 Å². The lowest BCUT2D eigenvalue weighted by Crippen LogP contribution is -2.29. The van der Waals surface area contributed by atoms with Gasteiger partial charge in [-0.2, -0.15) is 0 Å². The average molecular weight is 213 g/mol. The van der Waals surface area contributed by atoms with E-state index < -0.39 is 17.2 Å². The Balaban J connectivity index is 3.10. The molecule has 1 heterocycles. The number of aliphatic carboxylic acids is 1. The van der Waals surface area contributed by atoms with E-state index in [0.717, 1.165) is 0 Å². The van der Waals surface area contributed by atoms with Gasteiger partial charge < -0.3 is 15.4 Å². The van der Waals surface area contributed by atoms with Crippen molar-refractivity contribution in [3.63, 3.8) is 0 Å². The van der Waals surface area contributed by atoms with Crippen molar-refractivity contribution in [3.05, 3.63) is 26.5 Å². The maximum atomic E-state index is 11.3. The molecule has 15 heavy (non-hydrogen) atoms. The summed E-state index contributed by atoms with van der Waals surface area (Å²) in [6.45, 7) is 1.37. The minimum Gasteiger partial charge on any atom is -0.480 e. The summed E-state index contributed by atoms with van der Waals surface area (Å²) < 4.78 is 0. The summed E-state index contributed by atoms with van der Waals surface area (Å²) in [5.74, 6) is -1.08. The second-order valence-electron chi connectivity index (χ2n) is 2.86.